The van der Waals surface area contributed by atoms with E-state index < -0.39 is 10.0 Å². The van der Waals surface area contributed by atoms with Crippen molar-refractivity contribution in [3.8, 4) is 0 Å². The van der Waals surface area contributed by atoms with E-state index in [1.165, 1.54) is 11.0 Å². The highest BCUT2D eigenvalue weighted by Crippen LogP contribution is 2.29. The molecule has 22 heavy (non-hydrogen) atoms. The van der Waals surface area contributed by atoms with Crippen LogP contribution in [0.2, 0.25) is 10.0 Å². The standard InChI is InChI=1S/C14H20Cl2N2O3S/c1-11-12(15)3-4-13(14(11)16)22(19,20)17-5-2-6-18-7-9-21-10-8-18/h3-4,17H,2,5-10H2,1H3/p+1. The van der Waals surface area contributed by atoms with Crippen LogP contribution >= 0.6 is 23.2 Å². The van der Waals surface area contributed by atoms with Gasteiger partial charge >= 0.3 is 0 Å². The topological polar surface area (TPSA) is 59.8 Å². The molecule has 1 aliphatic heterocycles. The van der Waals surface area contributed by atoms with Crippen LogP contribution in [0.15, 0.2) is 17.0 Å². The zero-order valence-electron chi connectivity index (χ0n) is 12.5. The van der Waals surface area contributed by atoms with Crippen LogP contribution in [0.25, 0.3) is 0 Å². The zero-order chi connectivity index (χ0) is 16.2. The number of hydrogen-bond donors (Lipinski definition) is 2. The molecule has 2 rings (SSSR count). The molecular formula is C14H21Cl2N2O3S+. The summed E-state index contributed by atoms with van der Waals surface area (Å²) in [6.45, 7) is 6.54. The maximum Gasteiger partial charge on any atom is 0.242 e. The van der Waals surface area contributed by atoms with E-state index in [2.05, 4.69) is 4.72 Å². The fourth-order valence-corrected chi connectivity index (χ4v) is 4.26. The molecule has 2 N–H and O–H groups in total. The van der Waals surface area contributed by atoms with Crippen molar-refractivity contribution < 1.29 is 18.1 Å². The normalized spacial score (nSPS) is 16.9. The van der Waals surface area contributed by atoms with E-state index in [0.29, 0.717) is 17.1 Å². The summed E-state index contributed by atoms with van der Waals surface area (Å²) in [6, 6.07) is 2.99. The van der Waals surface area contributed by atoms with Crippen molar-refractivity contribution in [3.05, 3.63) is 27.7 Å². The Kier molecular flexibility index (Phi) is 6.49. The minimum absolute atomic E-state index is 0.0785. The van der Waals surface area contributed by atoms with Gasteiger partial charge in [-0.1, -0.05) is 23.2 Å². The summed E-state index contributed by atoms with van der Waals surface area (Å²) in [5.74, 6) is 0. The van der Waals surface area contributed by atoms with Gasteiger partial charge in [-0.05, 0) is 24.6 Å². The Bertz CT molecular complexity index is 617. The molecule has 0 radical (unpaired) electrons. The van der Waals surface area contributed by atoms with Crippen LogP contribution in [-0.4, -0.2) is 47.8 Å². The molecule has 0 unspecified atom stereocenters. The molecule has 0 saturated carbocycles. The third-order valence-electron chi connectivity index (χ3n) is 3.77. The first-order valence-corrected chi connectivity index (χ1v) is 9.51. The lowest BCUT2D eigenvalue weighted by atomic mass is 10.2. The lowest BCUT2D eigenvalue weighted by Gasteiger charge is -2.23. The second-order valence-corrected chi connectivity index (χ2v) is 7.87. The molecule has 0 spiro atoms. The van der Waals surface area contributed by atoms with Crippen LogP contribution in [0.1, 0.15) is 12.0 Å². The quantitative estimate of drug-likeness (QED) is 0.734. The molecule has 1 aliphatic rings. The molecule has 5 nitrogen and oxygen atoms in total. The maximum atomic E-state index is 12.3. The molecule has 0 aromatic heterocycles. The van der Waals surface area contributed by atoms with Crippen molar-refractivity contribution in [3.63, 3.8) is 0 Å². The number of nitrogens with one attached hydrogen (secondary N) is 2. The van der Waals surface area contributed by atoms with Crippen molar-refractivity contribution in [2.75, 3.05) is 39.4 Å². The summed E-state index contributed by atoms with van der Waals surface area (Å²) in [5.41, 5.74) is 0.573. The molecule has 124 valence electrons. The van der Waals surface area contributed by atoms with Crippen LogP contribution < -0.4 is 9.62 Å². The Labute approximate surface area is 141 Å². The van der Waals surface area contributed by atoms with Gasteiger partial charge in [-0.3, -0.25) is 0 Å². The minimum Gasteiger partial charge on any atom is -0.370 e. The smallest absolute Gasteiger partial charge is 0.242 e. The van der Waals surface area contributed by atoms with E-state index >= 15 is 0 Å². The maximum absolute atomic E-state index is 12.3. The number of sulfonamides is 1. The third kappa shape index (κ3) is 4.57. The minimum atomic E-state index is -3.61. The second-order valence-electron chi connectivity index (χ2n) is 5.35. The summed E-state index contributed by atoms with van der Waals surface area (Å²) in [5, 5.41) is 0.638. The van der Waals surface area contributed by atoms with Gasteiger partial charge in [0.15, 0.2) is 0 Å². The van der Waals surface area contributed by atoms with Gasteiger partial charge in [-0.2, -0.15) is 0 Å². The number of halogens is 2. The number of hydrogen-bond acceptors (Lipinski definition) is 3. The largest absolute Gasteiger partial charge is 0.370 e. The molecule has 1 aromatic rings. The Morgan fingerprint density at radius 2 is 1.95 bits per heavy atom. The molecule has 0 amide bonds. The van der Waals surface area contributed by atoms with Gasteiger partial charge in [0.25, 0.3) is 0 Å². The van der Waals surface area contributed by atoms with Crippen molar-refractivity contribution in [1.29, 1.82) is 0 Å². The molecule has 0 aliphatic carbocycles. The fraction of sp³-hybridized carbons (Fsp3) is 0.571. The molecule has 0 bridgehead atoms. The Hall–Kier alpha value is -0.370. The van der Waals surface area contributed by atoms with Gasteiger partial charge in [0.2, 0.25) is 10.0 Å². The molecular weight excluding hydrogens is 347 g/mol. The number of ether oxygens (including phenoxy) is 1. The Morgan fingerprint density at radius 1 is 1.27 bits per heavy atom. The SMILES string of the molecule is Cc1c(Cl)ccc(S(=O)(=O)NCCC[NH+]2CCOCC2)c1Cl. The number of quaternary nitrogens is 1. The highest BCUT2D eigenvalue weighted by Gasteiger charge is 2.20. The predicted octanol–water partition coefficient (Wildman–Crippen LogP) is 0.885. The van der Waals surface area contributed by atoms with Crippen LogP contribution in [0, 0.1) is 6.92 Å². The fourth-order valence-electron chi connectivity index (χ4n) is 2.38. The van der Waals surface area contributed by atoms with E-state index in [-0.39, 0.29) is 9.92 Å². The van der Waals surface area contributed by atoms with Crippen molar-refractivity contribution >= 4 is 33.2 Å². The predicted molar refractivity (Wildman–Crippen MR) is 87.4 cm³/mol. The van der Waals surface area contributed by atoms with Crippen LogP contribution in [0.3, 0.4) is 0 Å². The summed E-state index contributed by atoms with van der Waals surface area (Å²) < 4.78 is 32.5. The Morgan fingerprint density at radius 3 is 2.64 bits per heavy atom. The van der Waals surface area contributed by atoms with Crippen LogP contribution in [0.4, 0.5) is 0 Å². The van der Waals surface area contributed by atoms with Gasteiger partial charge in [0.1, 0.15) is 18.0 Å². The molecule has 8 heteroatoms. The molecule has 0 atom stereocenters. The van der Waals surface area contributed by atoms with Gasteiger partial charge < -0.3 is 9.64 Å². The highest BCUT2D eigenvalue weighted by molar-refractivity contribution is 7.89. The number of rotatable bonds is 6. The van der Waals surface area contributed by atoms with Crippen molar-refractivity contribution in [1.82, 2.24) is 4.72 Å². The molecule has 1 heterocycles. The highest BCUT2D eigenvalue weighted by atomic mass is 35.5. The van der Waals surface area contributed by atoms with E-state index in [9.17, 15) is 8.42 Å². The van der Waals surface area contributed by atoms with E-state index in [0.717, 1.165) is 39.3 Å². The number of benzene rings is 1. The van der Waals surface area contributed by atoms with Crippen molar-refractivity contribution in [2.24, 2.45) is 0 Å². The van der Waals surface area contributed by atoms with Crippen LogP contribution in [-0.2, 0) is 14.8 Å². The van der Waals surface area contributed by atoms with Crippen molar-refractivity contribution in [2.45, 2.75) is 18.2 Å². The van der Waals surface area contributed by atoms with E-state index in [1.54, 1.807) is 13.0 Å². The first kappa shape index (κ1) is 18.0. The first-order valence-electron chi connectivity index (χ1n) is 7.27. The average Bonchev–Trinajstić information content (AvgIpc) is 2.50. The summed E-state index contributed by atoms with van der Waals surface area (Å²) in [6.07, 6.45) is 0.777. The summed E-state index contributed by atoms with van der Waals surface area (Å²) >= 11 is 12.0. The monoisotopic (exact) mass is 367 g/mol. The summed E-state index contributed by atoms with van der Waals surface area (Å²) in [7, 11) is -3.61. The Balaban J connectivity index is 1.90. The first-order chi connectivity index (χ1) is 10.4. The average molecular weight is 368 g/mol. The van der Waals surface area contributed by atoms with Gasteiger partial charge in [-0.15, -0.1) is 0 Å². The van der Waals surface area contributed by atoms with Gasteiger partial charge in [0, 0.05) is 18.0 Å². The number of morpholine rings is 1. The molecule has 1 saturated heterocycles. The molecule has 1 fully saturated rings. The van der Waals surface area contributed by atoms with Crippen LogP contribution in [0.5, 0.6) is 0 Å². The lowest BCUT2D eigenvalue weighted by Crippen LogP contribution is -3.14. The lowest BCUT2D eigenvalue weighted by molar-refractivity contribution is -0.908. The second kappa shape index (κ2) is 7.95. The zero-order valence-corrected chi connectivity index (χ0v) is 14.8. The summed E-state index contributed by atoms with van der Waals surface area (Å²) in [4.78, 5) is 1.53. The molecule has 1 aromatic carbocycles. The van der Waals surface area contributed by atoms with E-state index in [4.69, 9.17) is 27.9 Å². The third-order valence-corrected chi connectivity index (χ3v) is 6.29. The van der Waals surface area contributed by atoms with Gasteiger partial charge in [-0.25, -0.2) is 13.1 Å². The van der Waals surface area contributed by atoms with E-state index in [1.807, 2.05) is 0 Å². The van der Waals surface area contributed by atoms with Gasteiger partial charge in [0.05, 0.1) is 24.8 Å².